The molecule has 3 heteroatoms. The number of anilines is 1. The molecule has 2 aliphatic rings. The summed E-state index contributed by atoms with van der Waals surface area (Å²) in [5.74, 6) is 0.922. The van der Waals surface area contributed by atoms with Gasteiger partial charge in [-0.2, -0.15) is 0 Å². The molecule has 0 bridgehead atoms. The van der Waals surface area contributed by atoms with Crippen molar-refractivity contribution in [2.75, 3.05) is 19.0 Å². The Morgan fingerprint density at radius 2 is 2.36 bits per heavy atom. The second kappa shape index (κ2) is 2.42. The van der Waals surface area contributed by atoms with Gasteiger partial charge in [-0.1, -0.05) is 0 Å². The molecular formula is C11H14N2O. The van der Waals surface area contributed by atoms with Gasteiger partial charge < -0.3 is 15.8 Å². The monoisotopic (exact) mass is 190 g/mol. The van der Waals surface area contributed by atoms with Gasteiger partial charge in [-0.15, -0.1) is 0 Å². The zero-order valence-corrected chi connectivity index (χ0v) is 8.21. The zero-order valence-electron chi connectivity index (χ0n) is 8.21. The first-order valence-corrected chi connectivity index (χ1v) is 4.94. The molecule has 3 N–H and O–H groups in total. The predicted octanol–water partition coefficient (Wildman–Crippen LogP) is 1.09. The Kier molecular flexibility index (Phi) is 1.40. The second-order valence-electron chi connectivity index (χ2n) is 4.23. The first kappa shape index (κ1) is 8.12. The summed E-state index contributed by atoms with van der Waals surface area (Å²) in [6, 6.07) is 6.50. The molecule has 3 nitrogen and oxygen atoms in total. The first-order valence-electron chi connectivity index (χ1n) is 4.94. The molecule has 2 unspecified atom stereocenters. The highest BCUT2D eigenvalue weighted by atomic mass is 16.5. The van der Waals surface area contributed by atoms with Gasteiger partial charge in [0.05, 0.1) is 7.11 Å². The Morgan fingerprint density at radius 3 is 3.00 bits per heavy atom. The summed E-state index contributed by atoms with van der Waals surface area (Å²) in [5, 5.41) is 3.40. The molecule has 1 fully saturated rings. The average molecular weight is 190 g/mol. The summed E-state index contributed by atoms with van der Waals surface area (Å²) in [6.45, 7) is 0.983. The maximum atomic E-state index is 5.99. The molecule has 0 saturated heterocycles. The first-order chi connectivity index (χ1) is 6.76. The third kappa shape index (κ3) is 0.852. The van der Waals surface area contributed by atoms with Crippen LogP contribution in [0, 0.1) is 0 Å². The zero-order chi connectivity index (χ0) is 9.76. The third-order valence-electron chi connectivity index (χ3n) is 3.49. The molecule has 1 aromatic rings. The van der Waals surface area contributed by atoms with Crippen LogP contribution in [0.5, 0.6) is 5.75 Å². The van der Waals surface area contributed by atoms with Crippen LogP contribution >= 0.6 is 0 Å². The number of nitrogens with one attached hydrogen (secondary N) is 1. The van der Waals surface area contributed by atoms with Crippen molar-refractivity contribution in [3.8, 4) is 5.75 Å². The molecule has 1 spiro atoms. The normalized spacial score (nSPS) is 32.6. The highest BCUT2D eigenvalue weighted by Crippen LogP contribution is 2.53. The molecule has 1 aliphatic carbocycles. The smallest absolute Gasteiger partial charge is 0.119 e. The molecule has 74 valence electrons. The fourth-order valence-electron chi connectivity index (χ4n) is 2.41. The van der Waals surface area contributed by atoms with Crippen LogP contribution < -0.4 is 15.8 Å². The number of ether oxygens (including phenoxy) is 1. The van der Waals surface area contributed by atoms with Crippen LogP contribution in [-0.4, -0.2) is 19.7 Å². The van der Waals surface area contributed by atoms with Crippen LogP contribution in [-0.2, 0) is 5.41 Å². The number of benzene rings is 1. The largest absolute Gasteiger partial charge is 0.497 e. The SMILES string of the molecule is COc1ccc2c(c1)C1(CN2)CC1N. The summed E-state index contributed by atoms with van der Waals surface area (Å²) >= 11 is 0. The number of methoxy groups -OCH3 is 1. The minimum atomic E-state index is 0.212. The maximum absolute atomic E-state index is 5.99. The highest BCUT2D eigenvalue weighted by Gasteiger charge is 2.56. The maximum Gasteiger partial charge on any atom is 0.119 e. The molecule has 2 atom stereocenters. The van der Waals surface area contributed by atoms with E-state index in [1.165, 1.54) is 11.3 Å². The molecule has 0 aromatic heterocycles. The Labute approximate surface area is 83.2 Å². The van der Waals surface area contributed by atoms with Crippen molar-refractivity contribution in [3.05, 3.63) is 23.8 Å². The lowest BCUT2D eigenvalue weighted by atomic mass is 9.97. The van der Waals surface area contributed by atoms with Gasteiger partial charge in [0.15, 0.2) is 0 Å². The number of fused-ring (bicyclic) bond motifs is 2. The predicted molar refractivity (Wildman–Crippen MR) is 55.8 cm³/mol. The van der Waals surface area contributed by atoms with Crippen molar-refractivity contribution in [2.24, 2.45) is 5.73 Å². The van der Waals surface area contributed by atoms with E-state index in [0.717, 1.165) is 18.7 Å². The topological polar surface area (TPSA) is 47.3 Å². The van der Waals surface area contributed by atoms with E-state index in [4.69, 9.17) is 10.5 Å². The minimum Gasteiger partial charge on any atom is -0.497 e. The lowest BCUT2D eigenvalue weighted by Crippen LogP contribution is -2.20. The number of hydrogen-bond donors (Lipinski definition) is 2. The van der Waals surface area contributed by atoms with Gasteiger partial charge in [0, 0.05) is 23.7 Å². The Bertz CT molecular complexity index is 391. The number of rotatable bonds is 1. The fraction of sp³-hybridized carbons (Fsp3) is 0.455. The molecule has 1 aromatic carbocycles. The number of nitrogens with two attached hydrogens (primary N) is 1. The van der Waals surface area contributed by atoms with E-state index < -0.39 is 0 Å². The van der Waals surface area contributed by atoms with Gasteiger partial charge in [0.1, 0.15) is 5.75 Å². The fourth-order valence-corrected chi connectivity index (χ4v) is 2.41. The molecule has 14 heavy (non-hydrogen) atoms. The van der Waals surface area contributed by atoms with Gasteiger partial charge in [-0.3, -0.25) is 0 Å². The molecule has 1 heterocycles. The summed E-state index contributed by atoms with van der Waals surface area (Å²) < 4.78 is 5.23. The average Bonchev–Trinajstić information content (AvgIpc) is 2.71. The van der Waals surface area contributed by atoms with E-state index in [2.05, 4.69) is 17.4 Å². The van der Waals surface area contributed by atoms with E-state index in [9.17, 15) is 0 Å². The lowest BCUT2D eigenvalue weighted by Gasteiger charge is -2.08. The van der Waals surface area contributed by atoms with E-state index in [-0.39, 0.29) is 5.41 Å². The van der Waals surface area contributed by atoms with Crippen molar-refractivity contribution >= 4 is 5.69 Å². The Morgan fingerprint density at radius 1 is 1.57 bits per heavy atom. The molecule has 1 saturated carbocycles. The Hall–Kier alpha value is -1.22. The summed E-state index contributed by atoms with van der Waals surface area (Å²) in [6.07, 6.45) is 1.10. The molecular weight excluding hydrogens is 176 g/mol. The van der Waals surface area contributed by atoms with Gasteiger partial charge in [0.2, 0.25) is 0 Å². The van der Waals surface area contributed by atoms with Crippen LogP contribution in [0.25, 0.3) is 0 Å². The Balaban J connectivity index is 2.09. The van der Waals surface area contributed by atoms with Crippen LogP contribution in [0.2, 0.25) is 0 Å². The highest BCUT2D eigenvalue weighted by molar-refractivity contribution is 5.66. The van der Waals surface area contributed by atoms with Gasteiger partial charge in [0.25, 0.3) is 0 Å². The van der Waals surface area contributed by atoms with Crippen molar-refractivity contribution in [1.82, 2.24) is 0 Å². The summed E-state index contributed by atoms with van der Waals surface area (Å²) in [7, 11) is 1.70. The van der Waals surface area contributed by atoms with Crippen LogP contribution in [0.3, 0.4) is 0 Å². The van der Waals surface area contributed by atoms with E-state index in [0.29, 0.717) is 6.04 Å². The van der Waals surface area contributed by atoms with E-state index >= 15 is 0 Å². The molecule has 0 radical (unpaired) electrons. The third-order valence-corrected chi connectivity index (χ3v) is 3.49. The lowest BCUT2D eigenvalue weighted by molar-refractivity contribution is 0.414. The van der Waals surface area contributed by atoms with E-state index in [1.54, 1.807) is 7.11 Å². The van der Waals surface area contributed by atoms with Crippen molar-refractivity contribution in [2.45, 2.75) is 17.9 Å². The summed E-state index contributed by atoms with van der Waals surface area (Å²) in [5.41, 5.74) is 8.76. The standard InChI is InChI=1S/C11H14N2O/c1-14-7-2-3-9-8(4-7)11(6-13-9)5-10(11)12/h2-4,10,13H,5-6,12H2,1H3. The quantitative estimate of drug-likeness (QED) is 0.697. The van der Waals surface area contributed by atoms with Crippen LogP contribution in [0.15, 0.2) is 18.2 Å². The second-order valence-corrected chi connectivity index (χ2v) is 4.23. The van der Waals surface area contributed by atoms with Gasteiger partial charge in [-0.05, 0) is 30.2 Å². The van der Waals surface area contributed by atoms with Crippen molar-refractivity contribution in [3.63, 3.8) is 0 Å². The van der Waals surface area contributed by atoms with Crippen LogP contribution in [0.1, 0.15) is 12.0 Å². The molecule has 0 amide bonds. The van der Waals surface area contributed by atoms with Gasteiger partial charge >= 0.3 is 0 Å². The van der Waals surface area contributed by atoms with Crippen molar-refractivity contribution < 1.29 is 4.74 Å². The van der Waals surface area contributed by atoms with Crippen molar-refractivity contribution in [1.29, 1.82) is 0 Å². The van der Waals surface area contributed by atoms with E-state index in [1.807, 2.05) is 6.07 Å². The minimum absolute atomic E-state index is 0.212. The molecule has 1 aliphatic heterocycles. The van der Waals surface area contributed by atoms with Gasteiger partial charge in [-0.25, -0.2) is 0 Å². The number of hydrogen-bond acceptors (Lipinski definition) is 3. The summed E-state index contributed by atoms with van der Waals surface area (Å²) in [4.78, 5) is 0. The van der Waals surface area contributed by atoms with Crippen LogP contribution in [0.4, 0.5) is 5.69 Å². The molecule has 3 rings (SSSR count).